The summed E-state index contributed by atoms with van der Waals surface area (Å²) in [5.41, 5.74) is 3.04. The lowest BCUT2D eigenvalue weighted by Gasteiger charge is -2.28. The number of unbranched alkanes of at least 4 members (excludes halogenated alkanes) is 2. The van der Waals surface area contributed by atoms with Crippen molar-refractivity contribution in [3.63, 3.8) is 0 Å². The minimum Gasteiger partial charge on any atom is -0.345 e. The highest BCUT2D eigenvalue weighted by molar-refractivity contribution is 5.87. The van der Waals surface area contributed by atoms with E-state index in [0.717, 1.165) is 48.9 Å². The average Bonchev–Trinajstić information content (AvgIpc) is 3.65. The molecule has 0 bridgehead atoms. The quantitative estimate of drug-likeness (QED) is 0.292. The number of hydrogen-bond donors (Lipinski definition) is 0. The molecule has 1 heterocycles. The van der Waals surface area contributed by atoms with Crippen molar-refractivity contribution in [3.8, 4) is 0 Å². The summed E-state index contributed by atoms with van der Waals surface area (Å²) in [6.07, 6.45) is 6.89. The van der Waals surface area contributed by atoms with E-state index in [-0.39, 0.29) is 30.1 Å². The third-order valence-electron chi connectivity index (χ3n) is 6.71. The molecule has 1 aliphatic carbocycles. The zero-order chi connectivity index (χ0) is 25.3. The molecule has 1 saturated carbocycles. The summed E-state index contributed by atoms with van der Waals surface area (Å²) < 4.78 is 15.4. The van der Waals surface area contributed by atoms with Gasteiger partial charge in [0.15, 0.2) is 0 Å². The first-order valence-electron chi connectivity index (χ1n) is 13.0. The van der Waals surface area contributed by atoms with Crippen LogP contribution in [0.2, 0.25) is 0 Å². The number of hydrogen-bond acceptors (Lipinski definition) is 2. The molecule has 2 aromatic carbocycles. The van der Waals surface area contributed by atoms with E-state index in [9.17, 15) is 14.0 Å². The Kier molecular flexibility index (Phi) is 8.93. The maximum Gasteiger partial charge on any atom is 0.242 e. The Morgan fingerprint density at radius 3 is 2.33 bits per heavy atom. The molecule has 2 amide bonds. The Labute approximate surface area is 213 Å². The summed E-state index contributed by atoms with van der Waals surface area (Å²) in [7, 11) is 0. The van der Waals surface area contributed by atoms with E-state index in [1.54, 1.807) is 17.0 Å². The van der Waals surface area contributed by atoms with Crippen molar-refractivity contribution in [2.24, 2.45) is 5.92 Å². The van der Waals surface area contributed by atoms with Crippen molar-refractivity contribution in [2.75, 3.05) is 13.1 Å². The van der Waals surface area contributed by atoms with E-state index in [1.807, 2.05) is 53.6 Å². The van der Waals surface area contributed by atoms with Gasteiger partial charge in [0.25, 0.3) is 0 Å². The first-order valence-corrected chi connectivity index (χ1v) is 13.0. The zero-order valence-corrected chi connectivity index (χ0v) is 21.1. The highest BCUT2D eigenvalue weighted by Crippen LogP contribution is 2.31. The van der Waals surface area contributed by atoms with Crippen LogP contribution in [0.25, 0.3) is 0 Å². The number of amides is 2. The average molecular weight is 490 g/mol. The second-order valence-electron chi connectivity index (χ2n) is 9.73. The maximum atomic E-state index is 13.7. The summed E-state index contributed by atoms with van der Waals surface area (Å²) in [4.78, 5) is 30.2. The second kappa shape index (κ2) is 12.5. The Morgan fingerprint density at radius 1 is 0.889 bits per heavy atom. The fraction of sp³-hybridized carbons (Fsp3) is 0.400. The standard InChI is InChI=1S/C30H36FN3O2/c1-2-3-7-18-33(30(36)26-14-15-26)23-29(35)34(21-24-9-5-4-6-10-24)22-28-11-8-19-32(28)20-25-12-16-27(31)17-13-25/h4-6,8-13,16-17,19,26H,2-3,7,14-15,18,20-23H2,1H3. The molecule has 0 N–H and O–H groups in total. The molecule has 36 heavy (non-hydrogen) atoms. The van der Waals surface area contributed by atoms with Crippen molar-refractivity contribution in [1.82, 2.24) is 14.4 Å². The summed E-state index contributed by atoms with van der Waals surface area (Å²) in [6.45, 7) is 4.39. The van der Waals surface area contributed by atoms with Gasteiger partial charge in [-0.15, -0.1) is 0 Å². The summed E-state index contributed by atoms with van der Waals surface area (Å²) >= 11 is 0. The molecule has 0 atom stereocenters. The molecule has 0 spiro atoms. The number of nitrogens with zero attached hydrogens (tertiary/aromatic N) is 3. The molecule has 3 aromatic rings. The van der Waals surface area contributed by atoms with Crippen LogP contribution >= 0.6 is 0 Å². The number of carbonyl (C=O) groups is 2. The maximum absolute atomic E-state index is 13.7. The van der Waals surface area contributed by atoms with Crippen molar-refractivity contribution < 1.29 is 14.0 Å². The van der Waals surface area contributed by atoms with Crippen molar-refractivity contribution >= 4 is 11.8 Å². The number of rotatable bonds is 13. The number of aromatic nitrogens is 1. The Hall–Kier alpha value is -3.41. The van der Waals surface area contributed by atoms with Gasteiger partial charge < -0.3 is 14.4 Å². The van der Waals surface area contributed by atoms with Crippen LogP contribution in [-0.4, -0.2) is 39.3 Å². The van der Waals surface area contributed by atoms with Crippen molar-refractivity contribution in [2.45, 2.75) is 58.7 Å². The lowest BCUT2D eigenvalue weighted by atomic mass is 10.2. The van der Waals surface area contributed by atoms with Crippen LogP contribution in [0.3, 0.4) is 0 Å². The highest BCUT2D eigenvalue weighted by Gasteiger charge is 2.34. The molecule has 5 nitrogen and oxygen atoms in total. The first-order chi connectivity index (χ1) is 17.5. The number of carbonyl (C=O) groups excluding carboxylic acids is 2. The van der Waals surface area contributed by atoms with E-state index in [2.05, 4.69) is 11.5 Å². The predicted molar refractivity (Wildman–Crippen MR) is 139 cm³/mol. The smallest absolute Gasteiger partial charge is 0.242 e. The molecular weight excluding hydrogens is 453 g/mol. The first kappa shape index (κ1) is 25.7. The molecule has 1 aromatic heterocycles. The zero-order valence-electron chi connectivity index (χ0n) is 21.1. The SMILES string of the molecule is CCCCCN(CC(=O)N(Cc1ccccc1)Cc1cccn1Cc1ccc(F)cc1)C(=O)C1CC1. The lowest BCUT2D eigenvalue weighted by Crippen LogP contribution is -2.43. The molecule has 0 unspecified atom stereocenters. The van der Waals surface area contributed by atoms with Gasteiger partial charge in [-0.2, -0.15) is 0 Å². The van der Waals surface area contributed by atoms with Crippen LogP contribution in [0.5, 0.6) is 0 Å². The third-order valence-corrected chi connectivity index (χ3v) is 6.71. The van der Waals surface area contributed by atoms with Gasteiger partial charge in [-0.1, -0.05) is 62.2 Å². The normalized spacial score (nSPS) is 12.9. The van der Waals surface area contributed by atoms with E-state index >= 15 is 0 Å². The van der Waals surface area contributed by atoms with Crippen molar-refractivity contribution in [3.05, 3.63) is 95.6 Å². The predicted octanol–water partition coefficient (Wildman–Crippen LogP) is 5.63. The Bertz CT molecular complexity index is 1120. The molecule has 4 rings (SSSR count). The number of benzene rings is 2. The largest absolute Gasteiger partial charge is 0.345 e. The molecular formula is C30H36FN3O2. The number of halogens is 1. The fourth-order valence-electron chi connectivity index (χ4n) is 4.44. The second-order valence-corrected chi connectivity index (χ2v) is 9.73. The van der Waals surface area contributed by atoms with Gasteiger partial charge in [0.2, 0.25) is 11.8 Å². The van der Waals surface area contributed by atoms with E-state index < -0.39 is 0 Å². The van der Waals surface area contributed by atoms with Gasteiger partial charge >= 0.3 is 0 Å². The van der Waals surface area contributed by atoms with E-state index in [4.69, 9.17) is 0 Å². The minimum absolute atomic E-state index is 0.0427. The minimum atomic E-state index is -0.254. The third kappa shape index (κ3) is 7.30. The summed E-state index contributed by atoms with van der Waals surface area (Å²) in [6, 6.07) is 20.4. The van der Waals surface area contributed by atoms with Gasteiger partial charge in [0.05, 0.1) is 13.1 Å². The van der Waals surface area contributed by atoms with Crippen molar-refractivity contribution in [1.29, 1.82) is 0 Å². The van der Waals surface area contributed by atoms with Crippen LogP contribution in [-0.2, 0) is 29.2 Å². The van der Waals surface area contributed by atoms with E-state index in [1.165, 1.54) is 12.1 Å². The molecule has 6 heteroatoms. The monoisotopic (exact) mass is 489 g/mol. The van der Waals surface area contributed by atoms with Gasteiger partial charge in [-0.3, -0.25) is 9.59 Å². The van der Waals surface area contributed by atoms with E-state index in [0.29, 0.717) is 26.2 Å². The lowest BCUT2D eigenvalue weighted by molar-refractivity contribution is -0.142. The van der Waals surface area contributed by atoms with Crippen LogP contribution < -0.4 is 0 Å². The van der Waals surface area contributed by atoms with Gasteiger partial charge in [-0.25, -0.2) is 4.39 Å². The highest BCUT2D eigenvalue weighted by atomic mass is 19.1. The van der Waals surface area contributed by atoms with Crippen LogP contribution in [0.1, 0.15) is 55.8 Å². The molecule has 1 fully saturated rings. The Morgan fingerprint density at radius 2 is 1.64 bits per heavy atom. The fourth-order valence-corrected chi connectivity index (χ4v) is 4.44. The molecule has 0 radical (unpaired) electrons. The molecule has 0 saturated heterocycles. The molecule has 190 valence electrons. The Balaban J connectivity index is 1.51. The van der Waals surface area contributed by atoms with Crippen LogP contribution in [0.15, 0.2) is 72.9 Å². The van der Waals surface area contributed by atoms with Crippen LogP contribution in [0.4, 0.5) is 4.39 Å². The summed E-state index contributed by atoms with van der Waals surface area (Å²) in [5, 5.41) is 0. The molecule has 1 aliphatic rings. The molecule has 0 aliphatic heterocycles. The summed E-state index contributed by atoms with van der Waals surface area (Å²) in [5.74, 6) is -0.0806. The van der Waals surface area contributed by atoms with Gasteiger partial charge in [0.1, 0.15) is 5.82 Å². The van der Waals surface area contributed by atoms with Gasteiger partial charge in [0, 0.05) is 37.4 Å². The van der Waals surface area contributed by atoms with Gasteiger partial charge in [-0.05, 0) is 54.7 Å². The van der Waals surface area contributed by atoms with Crippen LogP contribution in [0, 0.1) is 11.7 Å². The topological polar surface area (TPSA) is 45.6 Å².